The van der Waals surface area contributed by atoms with Crippen molar-refractivity contribution >= 4 is 34.7 Å². The van der Waals surface area contributed by atoms with Crippen molar-refractivity contribution in [3.05, 3.63) is 41.9 Å². The number of hydrogen-bond donors (Lipinski definition) is 2. The van der Waals surface area contributed by atoms with Gasteiger partial charge < -0.3 is 15.5 Å². The fourth-order valence-corrected chi connectivity index (χ4v) is 4.51. The largest absolute Gasteiger partial charge is 0.369 e. The monoisotopic (exact) mass is 375 g/mol. The molecule has 7 heteroatoms. The Morgan fingerprint density at radius 1 is 1.40 bits per heavy atom. The van der Waals surface area contributed by atoms with E-state index in [0.717, 1.165) is 48.5 Å². The molecule has 0 saturated carbocycles. The van der Waals surface area contributed by atoms with Crippen molar-refractivity contribution in [2.75, 3.05) is 37.3 Å². The number of nitrogens with one attached hydrogen (secondary N) is 2. The minimum atomic E-state index is 0.441. The molecule has 134 valence electrons. The highest BCUT2D eigenvalue weighted by Gasteiger charge is 2.23. The third-order valence-electron chi connectivity index (χ3n) is 4.12. The lowest BCUT2D eigenvalue weighted by atomic mass is 10.3. The lowest BCUT2D eigenvalue weighted by molar-refractivity contribution is 0.647. The van der Waals surface area contributed by atoms with Crippen LogP contribution in [0.25, 0.3) is 0 Å². The number of rotatable bonds is 7. The molecular weight excluding hydrogens is 350 g/mol. The maximum atomic E-state index is 4.36. The van der Waals surface area contributed by atoms with E-state index in [1.807, 2.05) is 30.4 Å². The van der Waals surface area contributed by atoms with Gasteiger partial charge >= 0.3 is 0 Å². The van der Waals surface area contributed by atoms with Gasteiger partial charge in [0, 0.05) is 55.7 Å². The molecule has 1 unspecified atom stereocenters. The number of para-hydroxylation sites is 1. The third kappa shape index (κ3) is 5.64. The number of aromatic nitrogens is 1. The van der Waals surface area contributed by atoms with E-state index in [2.05, 4.69) is 55.8 Å². The second-order valence-electron chi connectivity index (χ2n) is 5.91. The number of benzene rings is 1. The van der Waals surface area contributed by atoms with E-state index < -0.39 is 0 Å². The van der Waals surface area contributed by atoms with E-state index in [-0.39, 0.29) is 0 Å². The molecule has 2 N–H and O–H groups in total. The van der Waals surface area contributed by atoms with Gasteiger partial charge in [-0.25, -0.2) is 4.98 Å². The molecular formula is C18H25N5S2. The molecule has 5 nitrogen and oxygen atoms in total. The summed E-state index contributed by atoms with van der Waals surface area (Å²) in [6.07, 6.45) is 4.08. The summed E-state index contributed by atoms with van der Waals surface area (Å²) in [5.41, 5.74) is 1.30. The molecule has 0 bridgehead atoms. The zero-order chi connectivity index (χ0) is 17.3. The molecule has 2 heterocycles. The number of anilines is 1. The Balaban J connectivity index is 1.35. The second-order valence-corrected chi connectivity index (χ2v) is 8.15. The minimum Gasteiger partial charge on any atom is -0.369 e. The van der Waals surface area contributed by atoms with Gasteiger partial charge in [0.2, 0.25) is 0 Å². The van der Waals surface area contributed by atoms with Gasteiger partial charge in [-0.3, -0.25) is 4.99 Å². The molecule has 1 saturated heterocycles. The van der Waals surface area contributed by atoms with Crippen molar-refractivity contribution < 1.29 is 0 Å². The van der Waals surface area contributed by atoms with Gasteiger partial charge in [0.25, 0.3) is 0 Å². The SMILES string of the molecule is CN=C(NCCCSc1nccs1)NC1CCN(c2ccccc2)C1. The summed E-state index contributed by atoms with van der Waals surface area (Å²) >= 11 is 3.52. The normalized spacial score (nSPS) is 17.7. The van der Waals surface area contributed by atoms with Crippen LogP contribution in [0.15, 0.2) is 51.2 Å². The number of aliphatic imine (C=N–C) groups is 1. The average Bonchev–Trinajstić information content (AvgIpc) is 3.33. The molecule has 1 aromatic carbocycles. The van der Waals surface area contributed by atoms with E-state index in [1.165, 1.54) is 5.69 Å². The van der Waals surface area contributed by atoms with Gasteiger partial charge in [0.1, 0.15) is 4.34 Å². The quantitative estimate of drug-likeness (QED) is 0.337. The summed E-state index contributed by atoms with van der Waals surface area (Å²) in [6, 6.07) is 11.1. The molecule has 1 aliphatic heterocycles. The highest BCUT2D eigenvalue weighted by molar-refractivity contribution is 8.00. The molecule has 1 aliphatic rings. The second kappa shape index (κ2) is 9.68. The van der Waals surface area contributed by atoms with Crippen molar-refractivity contribution in [3.8, 4) is 0 Å². The van der Waals surface area contributed by atoms with Crippen LogP contribution in [0, 0.1) is 0 Å². The van der Waals surface area contributed by atoms with E-state index in [1.54, 1.807) is 11.3 Å². The molecule has 0 amide bonds. The Hall–Kier alpha value is -1.73. The summed E-state index contributed by atoms with van der Waals surface area (Å²) in [5.74, 6) is 1.97. The first-order valence-corrected chi connectivity index (χ1v) is 10.5. The number of nitrogens with zero attached hydrogens (tertiary/aromatic N) is 3. The predicted octanol–water partition coefficient (Wildman–Crippen LogP) is 3.07. The van der Waals surface area contributed by atoms with Crippen LogP contribution in [0.1, 0.15) is 12.8 Å². The molecule has 25 heavy (non-hydrogen) atoms. The maximum Gasteiger partial charge on any atom is 0.191 e. The summed E-state index contributed by atoms with van der Waals surface area (Å²) in [4.78, 5) is 11.1. The Morgan fingerprint density at radius 3 is 3.04 bits per heavy atom. The van der Waals surface area contributed by atoms with Crippen LogP contribution >= 0.6 is 23.1 Å². The topological polar surface area (TPSA) is 52.6 Å². The standard InChI is InChI=1S/C18H25N5S2/c1-19-17(20-9-5-12-24-18-21-10-13-25-18)22-15-8-11-23(14-15)16-6-3-2-4-7-16/h2-4,6-7,10,13,15H,5,8-9,11-12,14H2,1H3,(H2,19,20,22). The Morgan fingerprint density at radius 2 is 2.28 bits per heavy atom. The summed E-state index contributed by atoms with van der Waals surface area (Å²) in [7, 11) is 1.84. The number of thiazole rings is 1. The van der Waals surface area contributed by atoms with Crippen LogP contribution in [0.4, 0.5) is 5.69 Å². The molecule has 1 aromatic heterocycles. The zero-order valence-corrected chi connectivity index (χ0v) is 16.2. The van der Waals surface area contributed by atoms with Crippen molar-refractivity contribution in [2.45, 2.75) is 23.2 Å². The predicted molar refractivity (Wildman–Crippen MR) is 109 cm³/mol. The van der Waals surface area contributed by atoms with Crippen LogP contribution in [0.5, 0.6) is 0 Å². The van der Waals surface area contributed by atoms with Crippen LogP contribution in [0.3, 0.4) is 0 Å². The van der Waals surface area contributed by atoms with Crippen LogP contribution in [-0.4, -0.2) is 49.4 Å². The fraction of sp³-hybridized carbons (Fsp3) is 0.444. The number of guanidine groups is 1. The van der Waals surface area contributed by atoms with E-state index in [4.69, 9.17) is 0 Å². The first-order chi connectivity index (χ1) is 12.3. The van der Waals surface area contributed by atoms with E-state index in [0.29, 0.717) is 6.04 Å². The average molecular weight is 376 g/mol. The lowest BCUT2D eigenvalue weighted by Gasteiger charge is -2.20. The van der Waals surface area contributed by atoms with Crippen molar-refractivity contribution in [1.29, 1.82) is 0 Å². The van der Waals surface area contributed by atoms with Gasteiger partial charge in [0.05, 0.1) is 0 Å². The highest BCUT2D eigenvalue weighted by atomic mass is 32.2. The third-order valence-corrected chi connectivity index (χ3v) is 6.18. The smallest absolute Gasteiger partial charge is 0.191 e. The first-order valence-electron chi connectivity index (χ1n) is 8.64. The van der Waals surface area contributed by atoms with Crippen LogP contribution in [0.2, 0.25) is 0 Å². The summed E-state index contributed by atoms with van der Waals surface area (Å²) in [6.45, 7) is 3.03. The first kappa shape index (κ1) is 18.1. The highest BCUT2D eigenvalue weighted by Crippen LogP contribution is 2.21. The summed E-state index contributed by atoms with van der Waals surface area (Å²) < 4.78 is 1.15. The van der Waals surface area contributed by atoms with Gasteiger partial charge in [-0.1, -0.05) is 30.0 Å². The molecule has 0 radical (unpaired) electrons. The van der Waals surface area contributed by atoms with Crippen molar-refractivity contribution in [1.82, 2.24) is 15.6 Å². The molecule has 3 rings (SSSR count). The lowest BCUT2D eigenvalue weighted by Crippen LogP contribution is -2.44. The summed E-state index contributed by atoms with van der Waals surface area (Å²) in [5, 5.41) is 8.99. The fourth-order valence-electron chi connectivity index (χ4n) is 2.86. The molecule has 0 spiro atoms. The Bertz CT molecular complexity index is 645. The van der Waals surface area contributed by atoms with E-state index in [9.17, 15) is 0 Å². The number of hydrogen-bond acceptors (Lipinski definition) is 5. The Kier molecular flexibility index (Phi) is 6.99. The van der Waals surface area contributed by atoms with Crippen molar-refractivity contribution in [2.24, 2.45) is 4.99 Å². The van der Waals surface area contributed by atoms with Crippen LogP contribution < -0.4 is 15.5 Å². The van der Waals surface area contributed by atoms with Gasteiger partial charge in [-0.2, -0.15) is 0 Å². The van der Waals surface area contributed by atoms with Gasteiger partial charge in [-0.05, 0) is 25.0 Å². The molecule has 1 atom stereocenters. The van der Waals surface area contributed by atoms with Crippen molar-refractivity contribution in [3.63, 3.8) is 0 Å². The van der Waals surface area contributed by atoms with Gasteiger partial charge in [-0.15, -0.1) is 11.3 Å². The van der Waals surface area contributed by atoms with Crippen LogP contribution in [-0.2, 0) is 0 Å². The minimum absolute atomic E-state index is 0.441. The molecule has 2 aromatic rings. The maximum absolute atomic E-state index is 4.36. The number of thioether (sulfide) groups is 1. The van der Waals surface area contributed by atoms with E-state index >= 15 is 0 Å². The van der Waals surface area contributed by atoms with Gasteiger partial charge in [0.15, 0.2) is 5.96 Å². The zero-order valence-electron chi connectivity index (χ0n) is 14.5. The molecule has 0 aliphatic carbocycles. The Labute approximate surface area is 158 Å². The molecule has 1 fully saturated rings.